The van der Waals surface area contributed by atoms with Crippen molar-refractivity contribution in [2.45, 2.75) is 32.2 Å². The van der Waals surface area contributed by atoms with Gasteiger partial charge in [-0.2, -0.15) is 0 Å². The Bertz CT molecular complexity index is 527. The molecule has 108 valence electrons. The van der Waals surface area contributed by atoms with Crippen molar-refractivity contribution in [3.05, 3.63) is 11.9 Å². The molecule has 7 heteroatoms. The van der Waals surface area contributed by atoms with Crippen LogP contribution in [0.4, 0.5) is 0 Å². The first-order chi connectivity index (χ1) is 9.63. The summed E-state index contributed by atoms with van der Waals surface area (Å²) in [7, 11) is 0. The number of carboxylic acids is 1. The Balaban J connectivity index is 1.45. The molecule has 3 rings (SSSR count). The number of carboxylic acid groups (broad SMARTS) is 1. The summed E-state index contributed by atoms with van der Waals surface area (Å²) in [6.07, 6.45) is 6.08. The monoisotopic (exact) mass is 278 g/mol. The molecule has 2 saturated carbocycles. The van der Waals surface area contributed by atoms with Gasteiger partial charge in [-0.05, 0) is 31.1 Å². The van der Waals surface area contributed by atoms with Crippen molar-refractivity contribution in [2.24, 2.45) is 17.8 Å². The van der Waals surface area contributed by atoms with E-state index in [1.165, 1.54) is 30.1 Å². The van der Waals surface area contributed by atoms with Crippen molar-refractivity contribution in [1.29, 1.82) is 0 Å². The van der Waals surface area contributed by atoms with Crippen molar-refractivity contribution in [3.8, 4) is 0 Å². The van der Waals surface area contributed by atoms with Gasteiger partial charge in [0.1, 0.15) is 0 Å². The largest absolute Gasteiger partial charge is 0.476 e. The Morgan fingerprint density at radius 2 is 2.25 bits per heavy atom. The molecule has 3 atom stereocenters. The highest BCUT2D eigenvalue weighted by Crippen LogP contribution is 2.48. The lowest BCUT2D eigenvalue weighted by molar-refractivity contribution is -0.126. The van der Waals surface area contributed by atoms with Gasteiger partial charge in [0.05, 0.1) is 12.7 Å². The predicted octanol–water partition coefficient (Wildman–Crippen LogP) is 0.529. The maximum Gasteiger partial charge on any atom is 0.358 e. The van der Waals surface area contributed by atoms with Crippen LogP contribution in [-0.2, 0) is 11.3 Å². The van der Waals surface area contributed by atoms with Gasteiger partial charge in [0, 0.05) is 12.5 Å². The molecular formula is C13H18N4O3. The van der Waals surface area contributed by atoms with Crippen molar-refractivity contribution in [1.82, 2.24) is 20.3 Å². The van der Waals surface area contributed by atoms with Crippen LogP contribution in [0.3, 0.4) is 0 Å². The molecule has 3 unspecified atom stereocenters. The Labute approximate surface area is 116 Å². The number of amides is 1. The number of aromatic carboxylic acids is 1. The Morgan fingerprint density at radius 1 is 1.40 bits per heavy atom. The van der Waals surface area contributed by atoms with Gasteiger partial charge in [0.15, 0.2) is 5.69 Å². The number of hydrogen-bond acceptors (Lipinski definition) is 4. The van der Waals surface area contributed by atoms with E-state index in [-0.39, 0.29) is 17.5 Å². The third-order valence-electron chi connectivity index (χ3n) is 4.47. The molecule has 0 radical (unpaired) electrons. The standard InChI is InChI=1S/C13H18N4O3/c18-12(10-6-8-1-2-9(10)5-8)14-3-4-17-7-11(13(19)20)15-16-17/h7-10H,1-6H2,(H,14,18)(H,19,20). The lowest BCUT2D eigenvalue weighted by atomic mass is 9.88. The molecule has 2 aliphatic carbocycles. The van der Waals surface area contributed by atoms with Gasteiger partial charge in [-0.1, -0.05) is 11.6 Å². The second-order valence-electron chi connectivity index (χ2n) is 5.74. The van der Waals surface area contributed by atoms with E-state index >= 15 is 0 Å². The van der Waals surface area contributed by atoms with Crippen LogP contribution in [0.15, 0.2) is 6.20 Å². The summed E-state index contributed by atoms with van der Waals surface area (Å²) in [6, 6.07) is 0. The van der Waals surface area contributed by atoms with Crippen molar-refractivity contribution < 1.29 is 14.7 Å². The fraction of sp³-hybridized carbons (Fsp3) is 0.692. The maximum absolute atomic E-state index is 12.1. The smallest absolute Gasteiger partial charge is 0.358 e. The first kappa shape index (κ1) is 13.1. The van der Waals surface area contributed by atoms with E-state index in [0.717, 1.165) is 12.3 Å². The molecule has 0 aliphatic heterocycles. The van der Waals surface area contributed by atoms with Crippen LogP contribution in [0, 0.1) is 17.8 Å². The summed E-state index contributed by atoms with van der Waals surface area (Å²) in [4.78, 5) is 22.7. The highest BCUT2D eigenvalue weighted by Gasteiger charge is 2.42. The number of carbonyl (C=O) groups is 2. The summed E-state index contributed by atoms with van der Waals surface area (Å²) < 4.78 is 1.44. The Morgan fingerprint density at radius 3 is 2.85 bits per heavy atom. The minimum Gasteiger partial charge on any atom is -0.476 e. The number of fused-ring (bicyclic) bond motifs is 2. The molecule has 1 aromatic heterocycles. The molecule has 2 aliphatic rings. The van der Waals surface area contributed by atoms with E-state index in [4.69, 9.17) is 5.11 Å². The van der Waals surface area contributed by atoms with E-state index in [0.29, 0.717) is 19.0 Å². The normalized spacial score (nSPS) is 27.7. The number of aromatic nitrogens is 3. The molecule has 0 aromatic carbocycles. The van der Waals surface area contributed by atoms with Crippen LogP contribution < -0.4 is 5.32 Å². The van der Waals surface area contributed by atoms with Crippen LogP contribution in [0.25, 0.3) is 0 Å². The minimum absolute atomic E-state index is 0.0792. The number of nitrogens with one attached hydrogen (secondary N) is 1. The minimum atomic E-state index is -1.10. The second-order valence-corrected chi connectivity index (χ2v) is 5.74. The quantitative estimate of drug-likeness (QED) is 0.818. The molecule has 1 amide bonds. The van der Waals surface area contributed by atoms with E-state index < -0.39 is 5.97 Å². The molecule has 0 spiro atoms. The first-order valence-corrected chi connectivity index (χ1v) is 7.04. The molecule has 0 saturated heterocycles. The van der Waals surface area contributed by atoms with E-state index in [1.54, 1.807) is 0 Å². The molecule has 1 heterocycles. The topological polar surface area (TPSA) is 97.1 Å². The average Bonchev–Trinajstić information content (AvgIpc) is 3.14. The third kappa shape index (κ3) is 2.52. The lowest BCUT2D eigenvalue weighted by Crippen LogP contribution is -2.35. The molecule has 7 nitrogen and oxygen atoms in total. The van der Waals surface area contributed by atoms with Crippen LogP contribution in [0.2, 0.25) is 0 Å². The van der Waals surface area contributed by atoms with Crippen LogP contribution in [0.1, 0.15) is 36.2 Å². The zero-order chi connectivity index (χ0) is 14.1. The lowest BCUT2D eigenvalue weighted by Gasteiger charge is -2.20. The van der Waals surface area contributed by atoms with Gasteiger partial charge >= 0.3 is 5.97 Å². The van der Waals surface area contributed by atoms with Crippen LogP contribution in [0.5, 0.6) is 0 Å². The average molecular weight is 278 g/mol. The van der Waals surface area contributed by atoms with E-state index in [9.17, 15) is 9.59 Å². The van der Waals surface area contributed by atoms with Gasteiger partial charge in [-0.15, -0.1) is 5.10 Å². The number of carbonyl (C=O) groups excluding carboxylic acids is 1. The summed E-state index contributed by atoms with van der Waals surface area (Å²) in [5, 5.41) is 18.9. The van der Waals surface area contributed by atoms with Gasteiger partial charge in [0.2, 0.25) is 5.91 Å². The van der Waals surface area contributed by atoms with Crippen molar-refractivity contribution in [3.63, 3.8) is 0 Å². The second kappa shape index (κ2) is 5.22. The van der Waals surface area contributed by atoms with E-state index in [1.807, 2.05) is 0 Å². The molecule has 20 heavy (non-hydrogen) atoms. The Kier molecular flexibility index (Phi) is 3.42. The fourth-order valence-electron chi connectivity index (χ4n) is 3.50. The highest BCUT2D eigenvalue weighted by atomic mass is 16.4. The van der Waals surface area contributed by atoms with Crippen molar-refractivity contribution >= 4 is 11.9 Å². The maximum atomic E-state index is 12.1. The molecule has 2 N–H and O–H groups in total. The third-order valence-corrected chi connectivity index (χ3v) is 4.47. The van der Waals surface area contributed by atoms with Gasteiger partial charge in [-0.3, -0.25) is 4.79 Å². The summed E-state index contributed by atoms with van der Waals surface area (Å²) in [5.74, 6) is 0.547. The van der Waals surface area contributed by atoms with Gasteiger partial charge < -0.3 is 10.4 Å². The van der Waals surface area contributed by atoms with Gasteiger partial charge in [-0.25, -0.2) is 9.48 Å². The number of hydrogen-bond donors (Lipinski definition) is 2. The highest BCUT2D eigenvalue weighted by molar-refractivity contribution is 5.84. The van der Waals surface area contributed by atoms with Crippen LogP contribution >= 0.6 is 0 Å². The summed E-state index contributed by atoms with van der Waals surface area (Å²) >= 11 is 0. The SMILES string of the molecule is O=C(O)c1cn(CCNC(=O)C2CC3CCC2C3)nn1. The molecule has 1 aromatic rings. The summed E-state index contributed by atoms with van der Waals surface area (Å²) in [6.45, 7) is 0.891. The molecule has 2 bridgehead atoms. The number of rotatable bonds is 5. The fourth-order valence-corrected chi connectivity index (χ4v) is 3.50. The van der Waals surface area contributed by atoms with Crippen LogP contribution in [-0.4, -0.2) is 38.5 Å². The first-order valence-electron chi connectivity index (χ1n) is 7.04. The zero-order valence-electron chi connectivity index (χ0n) is 11.2. The van der Waals surface area contributed by atoms with Crippen molar-refractivity contribution in [2.75, 3.05) is 6.54 Å². The van der Waals surface area contributed by atoms with E-state index in [2.05, 4.69) is 15.6 Å². The molecule has 2 fully saturated rings. The zero-order valence-corrected chi connectivity index (χ0v) is 11.2. The predicted molar refractivity (Wildman–Crippen MR) is 68.9 cm³/mol. The summed E-state index contributed by atoms with van der Waals surface area (Å²) in [5.41, 5.74) is -0.0792. The number of nitrogens with zero attached hydrogens (tertiary/aromatic N) is 3. The Hall–Kier alpha value is -1.92. The van der Waals surface area contributed by atoms with Gasteiger partial charge in [0.25, 0.3) is 0 Å². The molecular weight excluding hydrogens is 260 g/mol.